The van der Waals surface area contributed by atoms with Crippen molar-refractivity contribution in [2.75, 3.05) is 20.3 Å². The Morgan fingerprint density at radius 3 is 2.60 bits per heavy atom. The van der Waals surface area contributed by atoms with Crippen LogP contribution >= 0.6 is 0 Å². The first-order valence-electron chi connectivity index (χ1n) is 6.66. The lowest BCUT2D eigenvalue weighted by atomic mass is 10.2. The van der Waals surface area contributed by atoms with Crippen LogP contribution in [0.1, 0.15) is 21.7 Å². The summed E-state index contributed by atoms with van der Waals surface area (Å²) in [6.07, 6.45) is 0. The number of aromatic nitrogens is 1. The van der Waals surface area contributed by atoms with E-state index in [9.17, 15) is 4.79 Å². The molecule has 4 heteroatoms. The van der Waals surface area contributed by atoms with Gasteiger partial charge in [0, 0.05) is 30.7 Å². The Kier molecular flexibility index (Phi) is 4.58. The van der Waals surface area contributed by atoms with Gasteiger partial charge in [0.2, 0.25) is 0 Å². The van der Waals surface area contributed by atoms with Crippen molar-refractivity contribution in [1.82, 2.24) is 9.88 Å². The number of aryl methyl sites for hydroxylation is 1. The molecule has 0 atom stereocenters. The van der Waals surface area contributed by atoms with Crippen LogP contribution in [0.15, 0.2) is 36.4 Å². The minimum atomic E-state index is -0.0580. The number of para-hydroxylation sites is 1. The number of hydrogen-bond acceptors (Lipinski definition) is 2. The quantitative estimate of drug-likeness (QED) is 0.850. The van der Waals surface area contributed by atoms with Crippen molar-refractivity contribution < 1.29 is 9.53 Å². The van der Waals surface area contributed by atoms with Crippen LogP contribution in [0.25, 0.3) is 5.69 Å². The van der Waals surface area contributed by atoms with Crippen LogP contribution in [-0.4, -0.2) is 30.7 Å². The first-order chi connectivity index (χ1) is 9.65. The number of rotatable bonds is 5. The van der Waals surface area contributed by atoms with Gasteiger partial charge in [0.05, 0.1) is 12.2 Å². The summed E-state index contributed by atoms with van der Waals surface area (Å²) in [5.41, 5.74) is 3.77. The smallest absolute Gasteiger partial charge is 0.253 e. The molecule has 106 valence electrons. The molecule has 1 aromatic carbocycles. The van der Waals surface area contributed by atoms with E-state index in [0.29, 0.717) is 18.7 Å². The van der Waals surface area contributed by atoms with E-state index in [4.69, 9.17) is 4.74 Å². The lowest BCUT2D eigenvalue weighted by Crippen LogP contribution is -2.27. The molecule has 0 spiro atoms. The molecular formula is C16H20N2O2. The van der Waals surface area contributed by atoms with Gasteiger partial charge in [-0.25, -0.2) is 0 Å². The summed E-state index contributed by atoms with van der Waals surface area (Å²) in [5, 5.41) is 2.86. The summed E-state index contributed by atoms with van der Waals surface area (Å²) in [4.78, 5) is 12.2. The maximum atomic E-state index is 12.2. The molecule has 1 N–H and O–H groups in total. The molecular weight excluding hydrogens is 252 g/mol. The number of carbonyl (C=O) groups excluding carboxylic acids is 1. The SMILES string of the molecule is COCCNC(=O)c1cc(C)n(-c2ccccc2)c1C. The van der Waals surface area contributed by atoms with Crippen molar-refractivity contribution in [2.24, 2.45) is 0 Å². The monoisotopic (exact) mass is 272 g/mol. The van der Waals surface area contributed by atoms with Crippen molar-refractivity contribution in [3.63, 3.8) is 0 Å². The van der Waals surface area contributed by atoms with E-state index in [0.717, 1.165) is 17.1 Å². The van der Waals surface area contributed by atoms with Gasteiger partial charge >= 0.3 is 0 Å². The molecule has 1 heterocycles. The molecule has 0 aliphatic heterocycles. The number of benzene rings is 1. The van der Waals surface area contributed by atoms with Crippen LogP contribution in [-0.2, 0) is 4.74 Å². The summed E-state index contributed by atoms with van der Waals surface area (Å²) in [6, 6.07) is 12.0. The topological polar surface area (TPSA) is 43.3 Å². The average Bonchev–Trinajstić information content (AvgIpc) is 2.75. The number of nitrogens with one attached hydrogen (secondary N) is 1. The molecule has 0 aliphatic carbocycles. The van der Waals surface area contributed by atoms with E-state index in [1.807, 2.05) is 50.2 Å². The summed E-state index contributed by atoms with van der Waals surface area (Å²) in [7, 11) is 1.62. The fraction of sp³-hybridized carbons (Fsp3) is 0.312. The van der Waals surface area contributed by atoms with Gasteiger partial charge in [-0.15, -0.1) is 0 Å². The molecule has 2 rings (SSSR count). The number of methoxy groups -OCH3 is 1. The highest BCUT2D eigenvalue weighted by Gasteiger charge is 2.15. The zero-order valence-corrected chi connectivity index (χ0v) is 12.1. The van der Waals surface area contributed by atoms with Crippen LogP contribution in [0.4, 0.5) is 0 Å². The van der Waals surface area contributed by atoms with E-state index in [1.165, 1.54) is 0 Å². The highest BCUT2D eigenvalue weighted by atomic mass is 16.5. The van der Waals surface area contributed by atoms with Gasteiger partial charge < -0.3 is 14.6 Å². The largest absolute Gasteiger partial charge is 0.383 e. The van der Waals surface area contributed by atoms with E-state index < -0.39 is 0 Å². The fourth-order valence-electron chi connectivity index (χ4n) is 2.33. The minimum absolute atomic E-state index is 0.0580. The number of ether oxygens (including phenoxy) is 1. The third-order valence-electron chi connectivity index (χ3n) is 3.28. The predicted molar refractivity (Wildman–Crippen MR) is 79.5 cm³/mol. The molecule has 1 aromatic heterocycles. The van der Waals surface area contributed by atoms with E-state index in [2.05, 4.69) is 9.88 Å². The van der Waals surface area contributed by atoms with Crippen molar-refractivity contribution in [2.45, 2.75) is 13.8 Å². The van der Waals surface area contributed by atoms with E-state index in [1.54, 1.807) is 7.11 Å². The lowest BCUT2D eigenvalue weighted by Gasteiger charge is -2.09. The first-order valence-corrected chi connectivity index (χ1v) is 6.66. The van der Waals surface area contributed by atoms with Crippen molar-refractivity contribution in [1.29, 1.82) is 0 Å². The van der Waals surface area contributed by atoms with Crippen LogP contribution in [0, 0.1) is 13.8 Å². The zero-order chi connectivity index (χ0) is 14.5. The molecule has 2 aromatic rings. The number of nitrogens with zero attached hydrogens (tertiary/aromatic N) is 1. The normalized spacial score (nSPS) is 10.6. The molecule has 0 saturated carbocycles. The summed E-state index contributed by atoms with van der Waals surface area (Å²) in [5.74, 6) is -0.0580. The van der Waals surface area contributed by atoms with Crippen molar-refractivity contribution in [3.05, 3.63) is 53.3 Å². The number of amides is 1. The predicted octanol–water partition coefficient (Wildman–Crippen LogP) is 2.47. The van der Waals surface area contributed by atoms with Gasteiger partial charge in [-0.2, -0.15) is 0 Å². The second-order valence-corrected chi connectivity index (χ2v) is 4.70. The molecule has 0 bridgehead atoms. The standard InChI is InChI=1S/C16H20N2O2/c1-12-11-15(16(19)17-9-10-20-3)13(2)18(12)14-7-5-4-6-8-14/h4-8,11H,9-10H2,1-3H3,(H,17,19). The molecule has 20 heavy (non-hydrogen) atoms. The highest BCUT2D eigenvalue weighted by Crippen LogP contribution is 2.20. The van der Waals surface area contributed by atoms with Gasteiger partial charge in [0.25, 0.3) is 5.91 Å². The number of carbonyl (C=O) groups is 1. The highest BCUT2D eigenvalue weighted by molar-refractivity contribution is 5.95. The van der Waals surface area contributed by atoms with E-state index >= 15 is 0 Å². The average molecular weight is 272 g/mol. The summed E-state index contributed by atoms with van der Waals surface area (Å²) >= 11 is 0. The van der Waals surface area contributed by atoms with Gasteiger partial charge in [-0.05, 0) is 32.0 Å². The molecule has 1 amide bonds. The lowest BCUT2D eigenvalue weighted by molar-refractivity contribution is 0.0936. The molecule has 0 aliphatic rings. The van der Waals surface area contributed by atoms with Crippen LogP contribution < -0.4 is 5.32 Å². The van der Waals surface area contributed by atoms with Crippen LogP contribution in [0.5, 0.6) is 0 Å². The molecule has 4 nitrogen and oxygen atoms in total. The Hall–Kier alpha value is -2.07. The maximum absolute atomic E-state index is 12.2. The summed E-state index contributed by atoms with van der Waals surface area (Å²) in [6.45, 7) is 5.00. The second kappa shape index (κ2) is 6.39. The minimum Gasteiger partial charge on any atom is -0.383 e. The number of hydrogen-bond donors (Lipinski definition) is 1. The third-order valence-corrected chi connectivity index (χ3v) is 3.28. The van der Waals surface area contributed by atoms with Crippen LogP contribution in [0.3, 0.4) is 0 Å². The zero-order valence-electron chi connectivity index (χ0n) is 12.1. The van der Waals surface area contributed by atoms with E-state index in [-0.39, 0.29) is 5.91 Å². The van der Waals surface area contributed by atoms with Gasteiger partial charge in [0.15, 0.2) is 0 Å². The van der Waals surface area contributed by atoms with Gasteiger partial charge in [0.1, 0.15) is 0 Å². The first kappa shape index (κ1) is 14.3. The fourth-order valence-corrected chi connectivity index (χ4v) is 2.33. The molecule has 0 unspecified atom stereocenters. The summed E-state index contributed by atoms with van der Waals surface area (Å²) < 4.78 is 7.03. The maximum Gasteiger partial charge on any atom is 0.253 e. The third kappa shape index (κ3) is 2.91. The van der Waals surface area contributed by atoms with Gasteiger partial charge in [-0.3, -0.25) is 4.79 Å². The van der Waals surface area contributed by atoms with Crippen molar-refractivity contribution >= 4 is 5.91 Å². The Morgan fingerprint density at radius 2 is 1.95 bits per heavy atom. The Labute approximate surface area is 119 Å². The Morgan fingerprint density at radius 1 is 1.25 bits per heavy atom. The Bertz CT molecular complexity index is 588. The molecule has 0 fully saturated rings. The molecule has 0 saturated heterocycles. The van der Waals surface area contributed by atoms with Crippen molar-refractivity contribution in [3.8, 4) is 5.69 Å². The second-order valence-electron chi connectivity index (χ2n) is 4.70. The molecule has 0 radical (unpaired) electrons. The van der Waals surface area contributed by atoms with Gasteiger partial charge in [-0.1, -0.05) is 18.2 Å². The van der Waals surface area contributed by atoms with Crippen LogP contribution in [0.2, 0.25) is 0 Å². The Balaban J connectivity index is 2.27.